The highest BCUT2D eigenvalue weighted by Crippen LogP contribution is 2.57. The third-order valence-corrected chi connectivity index (χ3v) is 17.7. The zero-order chi connectivity index (χ0) is 47.0. The number of hydrogen-bond acceptors (Lipinski definition) is 3. The molecule has 1 radical (unpaired) electrons. The van der Waals surface area contributed by atoms with Crippen LogP contribution in [0.2, 0.25) is 0 Å². The first-order chi connectivity index (χ1) is 33.4. The van der Waals surface area contributed by atoms with Crippen molar-refractivity contribution in [2.45, 2.75) is 92.8 Å². The molecule has 335 valence electrons. The summed E-state index contributed by atoms with van der Waals surface area (Å²) in [5, 5.41) is 6.59. The fourth-order valence-corrected chi connectivity index (χ4v) is 14.3. The first-order valence-electron chi connectivity index (χ1n) is 24.8. The molecule has 69 heavy (non-hydrogen) atoms. The molecule has 4 aliphatic rings. The molecule has 3 aliphatic heterocycles. The van der Waals surface area contributed by atoms with Crippen LogP contribution in [-0.2, 0) is 21.7 Å². The van der Waals surface area contributed by atoms with Gasteiger partial charge in [0, 0.05) is 43.5 Å². The van der Waals surface area contributed by atoms with Crippen molar-refractivity contribution < 1.29 is 0 Å². The number of hydrogen-bond donors (Lipinski definition) is 1. The molecule has 0 saturated heterocycles. The maximum atomic E-state index is 4.13. The highest BCUT2D eigenvalue weighted by Gasteiger charge is 2.46. The van der Waals surface area contributed by atoms with E-state index in [0.29, 0.717) is 0 Å². The van der Waals surface area contributed by atoms with Gasteiger partial charge >= 0.3 is 0 Å². The number of benzene rings is 9. The average molecular weight is 908 g/mol. The van der Waals surface area contributed by atoms with E-state index in [1.54, 1.807) is 0 Å². The normalized spacial score (nSPS) is 17.1. The minimum atomic E-state index is -0.581. The maximum Gasteiger partial charge on any atom is 0.197 e. The molecular weight excluding hydrogens is 852 g/mol. The molecule has 13 rings (SSSR count). The van der Waals surface area contributed by atoms with Crippen molar-refractivity contribution in [3.05, 3.63) is 232 Å². The molecule has 0 fully saturated rings. The van der Waals surface area contributed by atoms with Crippen LogP contribution in [0.3, 0.4) is 0 Å². The Morgan fingerprint density at radius 1 is 0.507 bits per heavy atom. The summed E-state index contributed by atoms with van der Waals surface area (Å²) in [4.78, 5) is 5.32. The van der Waals surface area contributed by atoms with Crippen molar-refractivity contribution in [2.75, 3.05) is 10.2 Å². The highest BCUT2D eigenvalue weighted by atomic mass is 32.2. The predicted molar refractivity (Wildman–Crippen MR) is 293 cm³/mol. The van der Waals surface area contributed by atoms with Gasteiger partial charge in [-0.1, -0.05) is 210 Å². The van der Waals surface area contributed by atoms with Crippen molar-refractivity contribution in [2.24, 2.45) is 0 Å². The van der Waals surface area contributed by atoms with E-state index >= 15 is 0 Å². The van der Waals surface area contributed by atoms with Gasteiger partial charge < -0.3 is 10.2 Å². The van der Waals surface area contributed by atoms with E-state index in [4.69, 9.17) is 0 Å². The van der Waals surface area contributed by atoms with Gasteiger partial charge in [0.15, 0.2) is 7.28 Å². The number of aryl methyl sites for hydroxylation is 1. The summed E-state index contributed by atoms with van der Waals surface area (Å²) in [6.45, 7) is 17.0. The average Bonchev–Trinajstić information content (AvgIpc) is 3.36. The fraction of sp³-hybridized carbons (Fsp3) is 0.200. The molecular formula is C65H56BN2S. The topological polar surface area (TPSA) is 15.3 Å². The van der Waals surface area contributed by atoms with Crippen LogP contribution in [-0.4, -0.2) is 7.28 Å². The molecule has 0 bridgehead atoms. The second kappa shape index (κ2) is 15.1. The molecule has 0 unspecified atom stereocenters. The van der Waals surface area contributed by atoms with Gasteiger partial charge in [-0.2, -0.15) is 0 Å². The van der Waals surface area contributed by atoms with E-state index < -0.39 is 5.41 Å². The lowest BCUT2D eigenvalue weighted by Gasteiger charge is -2.44. The lowest BCUT2D eigenvalue weighted by atomic mass is 9.56. The Morgan fingerprint density at radius 2 is 1.13 bits per heavy atom. The second-order valence-electron chi connectivity index (χ2n) is 21.8. The summed E-state index contributed by atoms with van der Waals surface area (Å²) in [5.74, 6) is 0. The summed E-state index contributed by atoms with van der Waals surface area (Å²) in [7, 11) is 2.53. The van der Waals surface area contributed by atoms with E-state index in [1.165, 1.54) is 116 Å². The molecule has 9 aromatic rings. The van der Waals surface area contributed by atoms with Gasteiger partial charge in [-0.05, 0) is 133 Å². The molecule has 3 heterocycles. The van der Waals surface area contributed by atoms with Crippen LogP contribution in [0.4, 0.5) is 28.4 Å². The molecule has 2 nitrogen and oxygen atoms in total. The largest absolute Gasteiger partial charge is 0.354 e. The van der Waals surface area contributed by atoms with Gasteiger partial charge in [-0.25, -0.2) is 0 Å². The summed E-state index contributed by atoms with van der Waals surface area (Å²) in [5.41, 5.74) is 22.3. The maximum absolute atomic E-state index is 4.13. The first kappa shape index (κ1) is 42.4. The fourth-order valence-electron chi connectivity index (χ4n) is 12.8. The number of nitrogens with zero attached hydrogens (tertiary/aromatic N) is 1. The van der Waals surface area contributed by atoms with Gasteiger partial charge in [0.1, 0.15) is 0 Å². The lowest BCUT2D eigenvalue weighted by molar-refractivity contribution is 0.332. The Kier molecular flexibility index (Phi) is 9.29. The minimum Gasteiger partial charge on any atom is -0.354 e. The SMILES string of the molecule is Cc1cc2c(cc1N1c3cc4c(cc3[B]c3c1cc1ccccc1c3-c1cccc3c1Nc1ccccc1C3(c1ccccc1)c1ccccc1)C(C)(C)c1ccccc1S4)C(C)(C)CCC2(C)C. The molecule has 0 aromatic heterocycles. The first-order valence-corrected chi connectivity index (χ1v) is 25.6. The Bertz CT molecular complexity index is 3550. The standard InChI is InChI=1S/C65H56BN2S/c1-40-35-49-50(63(4,5)34-33-62(49,2)3)38-54(40)68-55-39-58-51(64(6,7)47-29-17-19-32-57(47)69-58)37-52(55)66-60-56(68)36-41-21-14-15-26-44(41)59(60)45-27-20-30-48-61(45)67-53-31-18-16-28-46(53)65(48,42-22-10-8-11-23-42)43-24-12-9-13-25-43/h8-32,35-39,67H,33-34H2,1-7H3. The van der Waals surface area contributed by atoms with Gasteiger partial charge in [0.2, 0.25) is 0 Å². The van der Waals surface area contributed by atoms with Crippen LogP contribution in [0.1, 0.15) is 104 Å². The summed E-state index contributed by atoms with van der Waals surface area (Å²) in [6.07, 6.45) is 2.34. The zero-order valence-electron chi connectivity index (χ0n) is 40.7. The minimum absolute atomic E-state index is 0.0456. The predicted octanol–water partition coefficient (Wildman–Crippen LogP) is 15.8. The molecule has 0 amide bonds. The van der Waals surface area contributed by atoms with Gasteiger partial charge in [0.25, 0.3) is 0 Å². The number of rotatable bonds is 4. The summed E-state index contributed by atoms with van der Waals surface area (Å²) in [6, 6.07) is 69.1. The third-order valence-electron chi connectivity index (χ3n) is 16.6. The zero-order valence-corrected chi connectivity index (χ0v) is 41.5. The van der Waals surface area contributed by atoms with Crippen molar-refractivity contribution in [1.29, 1.82) is 0 Å². The smallest absolute Gasteiger partial charge is 0.197 e. The van der Waals surface area contributed by atoms with Gasteiger partial charge in [0.05, 0.1) is 11.1 Å². The van der Waals surface area contributed by atoms with E-state index in [1.807, 2.05) is 11.8 Å². The number of anilines is 5. The van der Waals surface area contributed by atoms with Crippen molar-refractivity contribution in [3.8, 4) is 11.1 Å². The number of para-hydroxylation sites is 2. The molecule has 0 saturated carbocycles. The van der Waals surface area contributed by atoms with Crippen molar-refractivity contribution in [1.82, 2.24) is 0 Å². The van der Waals surface area contributed by atoms with E-state index in [2.05, 4.69) is 248 Å². The van der Waals surface area contributed by atoms with Crippen LogP contribution >= 0.6 is 11.8 Å². The molecule has 0 atom stereocenters. The molecule has 4 heteroatoms. The Balaban J connectivity index is 1.13. The number of nitrogens with one attached hydrogen (secondary N) is 1. The summed E-state index contributed by atoms with van der Waals surface area (Å²) >= 11 is 1.92. The van der Waals surface area contributed by atoms with Crippen LogP contribution in [0.5, 0.6) is 0 Å². The Labute approximate surface area is 413 Å². The number of fused-ring (bicyclic) bond motifs is 8. The summed E-state index contributed by atoms with van der Waals surface area (Å²) < 4.78 is 0. The Hall–Kier alpha value is -6.75. The monoisotopic (exact) mass is 907 g/mol. The molecule has 1 aliphatic carbocycles. The van der Waals surface area contributed by atoms with E-state index in [0.717, 1.165) is 17.8 Å². The van der Waals surface area contributed by atoms with Crippen LogP contribution in [0, 0.1) is 6.92 Å². The Morgan fingerprint density at radius 3 is 1.87 bits per heavy atom. The van der Waals surface area contributed by atoms with E-state index in [9.17, 15) is 0 Å². The van der Waals surface area contributed by atoms with Crippen LogP contribution in [0.25, 0.3) is 21.9 Å². The van der Waals surface area contributed by atoms with Crippen molar-refractivity contribution in [3.63, 3.8) is 0 Å². The van der Waals surface area contributed by atoms with E-state index in [-0.39, 0.29) is 16.2 Å². The van der Waals surface area contributed by atoms with Crippen LogP contribution in [0.15, 0.2) is 192 Å². The van der Waals surface area contributed by atoms with Crippen molar-refractivity contribution >= 4 is 69.2 Å². The second-order valence-corrected chi connectivity index (χ2v) is 22.9. The van der Waals surface area contributed by atoms with Gasteiger partial charge in [-0.15, -0.1) is 0 Å². The third kappa shape index (κ3) is 6.13. The lowest BCUT2D eigenvalue weighted by Crippen LogP contribution is -2.43. The highest BCUT2D eigenvalue weighted by molar-refractivity contribution is 7.99. The van der Waals surface area contributed by atoms with Gasteiger partial charge in [-0.3, -0.25) is 0 Å². The quantitative estimate of drug-likeness (QED) is 0.177. The molecule has 1 N–H and O–H groups in total. The molecule has 9 aromatic carbocycles. The van der Waals surface area contributed by atoms with Crippen LogP contribution < -0.4 is 21.1 Å². The molecule has 0 spiro atoms.